The molecular formula is C28H28F4N6. The molecule has 10 heteroatoms. The van der Waals surface area contributed by atoms with E-state index in [0.717, 1.165) is 41.7 Å². The smallest absolute Gasteiger partial charge is 0.369 e. The maximum absolute atomic E-state index is 13.7. The molecular weight excluding hydrogens is 496 g/mol. The van der Waals surface area contributed by atoms with Gasteiger partial charge in [-0.3, -0.25) is 9.69 Å². The van der Waals surface area contributed by atoms with Crippen LogP contribution >= 0.6 is 0 Å². The summed E-state index contributed by atoms with van der Waals surface area (Å²) in [5.41, 5.74) is 3.09. The van der Waals surface area contributed by atoms with Gasteiger partial charge in [0.05, 0.1) is 35.2 Å². The second-order valence-corrected chi connectivity index (χ2v) is 10.3. The molecule has 2 fully saturated rings. The molecule has 3 aromatic rings. The lowest BCUT2D eigenvalue weighted by molar-refractivity contribution is -0.137. The number of hydrazine groups is 1. The lowest BCUT2D eigenvalue weighted by Crippen LogP contribution is -2.51. The van der Waals surface area contributed by atoms with Crippen LogP contribution in [0.2, 0.25) is 0 Å². The summed E-state index contributed by atoms with van der Waals surface area (Å²) in [6.07, 6.45) is 4.68. The molecule has 1 saturated heterocycles. The molecule has 0 spiro atoms. The number of hydrogen-bond acceptors (Lipinski definition) is 5. The topological polar surface area (TPSA) is 40.4 Å². The lowest BCUT2D eigenvalue weighted by Gasteiger charge is -2.46. The molecule has 6 rings (SSSR count). The third kappa shape index (κ3) is 3.98. The van der Waals surface area contributed by atoms with E-state index in [2.05, 4.69) is 24.5 Å². The first kappa shape index (κ1) is 24.7. The Morgan fingerprint density at radius 3 is 2.37 bits per heavy atom. The van der Waals surface area contributed by atoms with Gasteiger partial charge in [-0.15, -0.1) is 0 Å². The maximum atomic E-state index is 13.7. The Hall–Kier alpha value is -3.66. The standard InChI is InChI=1S/C28H28F4N6/c1-17(29)18(2)36-14-20(15-36)26-25-24(19-13-34-37(16-19)22-5-4-6-22)11-12-33-27(25)38(35(26)3)23-9-7-21(8-10-23)28(30,31)32/h7-13,16,20,22,26H,1-2,4-6,14-15H2,3H3. The van der Waals surface area contributed by atoms with Crippen molar-refractivity contribution in [1.29, 1.82) is 0 Å². The molecule has 0 amide bonds. The highest BCUT2D eigenvalue weighted by Crippen LogP contribution is 2.51. The van der Waals surface area contributed by atoms with Gasteiger partial charge in [0.15, 0.2) is 5.82 Å². The van der Waals surface area contributed by atoms with Gasteiger partial charge in [-0.2, -0.15) is 18.3 Å². The van der Waals surface area contributed by atoms with Crippen LogP contribution in [-0.4, -0.2) is 44.8 Å². The summed E-state index contributed by atoms with van der Waals surface area (Å²) in [5.74, 6) is 0.220. The van der Waals surface area contributed by atoms with E-state index in [1.165, 1.54) is 18.6 Å². The van der Waals surface area contributed by atoms with Crippen molar-refractivity contribution in [2.75, 3.05) is 25.1 Å². The maximum Gasteiger partial charge on any atom is 0.416 e. The van der Waals surface area contributed by atoms with Gasteiger partial charge in [-0.05, 0) is 55.2 Å². The zero-order chi connectivity index (χ0) is 26.8. The normalized spacial score (nSPS) is 20.3. The predicted molar refractivity (Wildman–Crippen MR) is 137 cm³/mol. The molecule has 38 heavy (non-hydrogen) atoms. The molecule has 1 aliphatic carbocycles. The molecule has 2 aliphatic heterocycles. The van der Waals surface area contributed by atoms with E-state index in [0.29, 0.717) is 30.6 Å². The first-order valence-corrected chi connectivity index (χ1v) is 12.7. The van der Waals surface area contributed by atoms with Crippen molar-refractivity contribution in [3.8, 4) is 11.1 Å². The van der Waals surface area contributed by atoms with E-state index >= 15 is 0 Å². The summed E-state index contributed by atoms with van der Waals surface area (Å²) in [4.78, 5) is 6.55. The van der Waals surface area contributed by atoms with Gasteiger partial charge < -0.3 is 4.90 Å². The van der Waals surface area contributed by atoms with Crippen molar-refractivity contribution in [3.63, 3.8) is 0 Å². The fraction of sp³-hybridized carbons (Fsp3) is 0.357. The highest BCUT2D eigenvalue weighted by molar-refractivity contribution is 5.77. The Bertz CT molecular complexity index is 1390. The van der Waals surface area contributed by atoms with Crippen LogP contribution in [0.25, 0.3) is 11.1 Å². The van der Waals surface area contributed by atoms with Crippen LogP contribution in [0.3, 0.4) is 0 Å². The SMILES string of the molecule is C=C(F)C(=C)N1CC(C2c3c(-c4cnn(C5CCC5)c4)ccnc3N(c3ccc(C(F)(F)F)cc3)N2C)C1. The molecule has 198 valence electrons. The molecule has 1 unspecified atom stereocenters. The Labute approximate surface area is 218 Å². The van der Waals surface area contributed by atoms with Crippen LogP contribution in [0, 0.1) is 5.92 Å². The number of allylic oxidation sites excluding steroid dienone is 1. The van der Waals surface area contributed by atoms with Crippen molar-refractivity contribution in [3.05, 3.63) is 84.7 Å². The molecule has 4 heterocycles. The summed E-state index contributed by atoms with van der Waals surface area (Å²) in [6, 6.07) is 7.36. The third-order valence-corrected chi connectivity index (χ3v) is 8.04. The first-order chi connectivity index (χ1) is 18.1. The largest absolute Gasteiger partial charge is 0.416 e. The lowest BCUT2D eigenvalue weighted by atomic mass is 9.84. The molecule has 1 saturated carbocycles. The minimum absolute atomic E-state index is 0.110. The fourth-order valence-electron chi connectivity index (χ4n) is 5.70. The first-order valence-electron chi connectivity index (χ1n) is 12.7. The Morgan fingerprint density at radius 1 is 1.05 bits per heavy atom. The number of nitrogens with zero attached hydrogens (tertiary/aromatic N) is 6. The van der Waals surface area contributed by atoms with Gasteiger partial charge in [-0.1, -0.05) is 13.2 Å². The number of anilines is 2. The second-order valence-electron chi connectivity index (χ2n) is 10.3. The van der Waals surface area contributed by atoms with Gasteiger partial charge in [0.1, 0.15) is 5.83 Å². The van der Waals surface area contributed by atoms with E-state index in [9.17, 15) is 17.6 Å². The van der Waals surface area contributed by atoms with E-state index in [1.807, 2.05) is 38.9 Å². The predicted octanol–water partition coefficient (Wildman–Crippen LogP) is 6.66. The number of likely N-dealkylation sites (tertiary alicyclic amines) is 1. The van der Waals surface area contributed by atoms with Gasteiger partial charge in [0.2, 0.25) is 0 Å². The summed E-state index contributed by atoms with van der Waals surface area (Å²) in [6.45, 7) is 8.32. The van der Waals surface area contributed by atoms with Crippen LogP contribution in [0.1, 0.15) is 42.5 Å². The number of pyridine rings is 1. The van der Waals surface area contributed by atoms with E-state index in [-0.39, 0.29) is 17.7 Å². The minimum atomic E-state index is -4.42. The van der Waals surface area contributed by atoms with Crippen LogP contribution in [-0.2, 0) is 6.18 Å². The molecule has 1 aromatic carbocycles. The van der Waals surface area contributed by atoms with Crippen LogP contribution in [0.5, 0.6) is 0 Å². The van der Waals surface area contributed by atoms with E-state index < -0.39 is 17.6 Å². The van der Waals surface area contributed by atoms with Gasteiger partial charge in [0.25, 0.3) is 0 Å². The summed E-state index contributed by atoms with van der Waals surface area (Å²) in [5, 5.41) is 8.51. The molecule has 0 bridgehead atoms. The summed E-state index contributed by atoms with van der Waals surface area (Å²) < 4.78 is 55.4. The average Bonchev–Trinajstić information content (AvgIpc) is 3.39. The van der Waals surface area contributed by atoms with Gasteiger partial charge in [0, 0.05) is 49.6 Å². The molecule has 2 aromatic heterocycles. The quantitative estimate of drug-likeness (QED) is 0.267. The number of hydrogen-bond donors (Lipinski definition) is 0. The zero-order valence-corrected chi connectivity index (χ0v) is 21.0. The Morgan fingerprint density at radius 2 is 1.76 bits per heavy atom. The summed E-state index contributed by atoms with van der Waals surface area (Å²) in [7, 11) is 1.91. The number of fused-ring (bicyclic) bond motifs is 1. The number of benzene rings is 1. The van der Waals surface area contributed by atoms with E-state index in [1.54, 1.807) is 6.20 Å². The molecule has 6 nitrogen and oxygen atoms in total. The van der Waals surface area contributed by atoms with Crippen LogP contribution in [0.15, 0.2) is 73.6 Å². The zero-order valence-electron chi connectivity index (χ0n) is 21.0. The number of alkyl halides is 3. The van der Waals surface area contributed by atoms with Crippen LogP contribution < -0.4 is 5.01 Å². The van der Waals surface area contributed by atoms with Crippen LogP contribution in [0.4, 0.5) is 29.1 Å². The monoisotopic (exact) mass is 524 g/mol. The van der Waals surface area contributed by atoms with Crippen molar-refractivity contribution in [1.82, 2.24) is 24.7 Å². The van der Waals surface area contributed by atoms with Gasteiger partial charge >= 0.3 is 6.18 Å². The highest BCUT2D eigenvalue weighted by Gasteiger charge is 2.47. The summed E-state index contributed by atoms with van der Waals surface area (Å²) >= 11 is 0. The average molecular weight is 525 g/mol. The molecule has 0 radical (unpaired) electrons. The highest BCUT2D eigenvalue weighted by atomic mass is 19.4. The van der Waals surface area contributed by atoms with Crippen molar-refractivity contribution < 1.29 is 17.6 Å². The van der Waals surface area contributed by atoms with E-state index in [4.69, 9.17) is 4.98 Å². The number of rotatable bonds is 6. The van der Waals surface area contributed by atoms with Gasteiger partial charge in [-0.25, -0.2) is 14.4 Å². The Kier molecular flexibility index (Phi) is 5.82. The molecule has 3 aliphatic rings. The minimum Gasteiger partial charge on any atom is -0.369 e. The number of halogens is 4. The second kappa shape index (κ2) is 8.97. The van der Waals surface area contributed by atoms with Crippen molar-refractivity contribution in [2.24, 2.45) is 5.92 Å². The third-order valence-electron chi connectivity index (χ3n) is 8.04. The molecule has 0 N–H and O–H groups in total. The molecule has 1 atom stereocenters. The number of aromatic nitrogens is 3. The fourth-order valence-corrected chi connectivity index (χ4v) is 5.70. The van der Waals surface area contributed by atoms with Crippen molar-refractivity contribution in [2.45, 2.75) is 37.5 Å². The van der Waals surface area contributed by atoms with Crippen molar-refractivity contribution >= 4 is 11.5 Å². The Balaban J connectivity index is 1.40.